The highest BCUT2D eigenvalue weighted by Crippen LogP contribution is 2.43. The molecule has 6 nitrogen and oxygen atoms in total. The number of guanidine groups is 1. The van der Waals surface area contributed by atoms with E-state index in [9.17, 15) is 0 Å². The van der Waals surface area contributed by atoms with Crippen LogP contribution in [0.5, 0.6) is 0 Å². The van der Waals surface area contributed by atoms with Gasteiger partial charge in [0.15, 0.2) is 5.96 Å². The molecule has 2 saturated heterocycles. The molecule has 1 aromatic rings. The monoisotopic (exact) mass is 529 g/mol. The van der Waals surface area contributed by atoms with Gasteiger partial charge in [0.05, 0.1) is 12.2 Å². The van der Waals surface area contributed by atoms with Crippen molar-refractivity contribution in [1.29, 1.82) is 0 Å². The van der Waals surface area contributed by atoms with Gasteiger partial charge < -0.3 is 14.6 Å². The summed E-state index contributed by atoms with van der Waals surface area (Å²) in [6.45, 7) is 10.5. The normalized spacial score (nSPS) is 23.0. The maximum atomic E-state index is 5.76. The van der Waals surface area contributed by atoms with Crippen LogP contribution < -0.4 is 5.32 Å². The van der Waals surface area contributed by atoms with Crippen molar-refractivity contribution in [3.8, 4) is 0 Å². The third kappa shape index (κ3) is 5.69. The summed E-state index contributed by atoms with van der Waals surface area (Å²) in [5.74, 6) is 3.66. The number of halogens is 1. The second-order valence-electron chi connectivity index (χ2n) is 9.63. The summed E-state index contributed by atoms with van der Waals surface area (Å²) < 4.78 is 5.76. The zero-order valence-corrected chi connectivity index (χ0v) is 21.4. The second-order valence-corrected chi connectivity index (χ2v) is 9.63. The van der Waals surface area contributed by atoms with Crippen LogP contribution in [0.1, 0.15) is 68.7 Å². The standard InChI is InChI=1S/C23H39N5O.HI/c1-18-19(2)29-21(26-18)16-27-12-7-20(8-13-27)15-25-22(24-3)28-14-11-23(17-28)9-5-4-6-10-23;/h20H,4-17H2,1-3H3,(H,24,25);1H. The van der Waals surface area contributed by atoms with Crippen molar-refractivity contribution in [3.63, 3.8) is 0 Å². The van der Waals surface area contributed by atoms with Gasteiger partial charge in [-0.1, -0.05) is 19.3 Å². The summed E-state index contributed by atoms with van der Waals surface area (Å²) in [4.78, 5) is 14.1. The van der Waals surface area contributed by atoms with Gasteiger partial charge in [0.25, 0.3) is 0 Å². The molecule has 170 valence electrons. The Labute approximate surface area is 199 Å². The number of rotatable bonds is 4. The zero-order chi connectivity index (χ0) is 20.3. The van der Waals surface area contributed by atoms with E-state index in [0.717, 1.165) is 55.4 Å². The van der Waals surface area contributed by atoms with Gasteiger partial charge in [0, 0.05) is 26.7 Å². The first-order valence-corrected chi connectivity index (χ1v) is 11.7. The van der Waals surface area contributed by atoms with E-state index >= 15 is 0 Å². The van der Waals surface area contributed by atoms with Crippen molar-refractivity contribution in [3.05, 3.63) is 17.3 Å². The number of hydrogen-bond acceptors (Lipinski definition) is 4. The molecule has 4 rings (SSSR count). The van der Waals surface area contributed by atoms with Gasteiger partial charge >= 0.3 is 0 Å². The molecule has 0 radical (unpaired) electrons. The lowest BCUT2D eigenvalue weighted by atomic mass is 9.73. The van der Waals surface area contributed by atoms with Crippen LogP contribution in [-0.4, -0.2) is 60.5 Å². The molecule has 1 N–H and O–H groups in total. The molecule has 0 bridgehead atoms. The number of aryl methyl sites for hydroxylation is 2. The quantitative estimate of drug-likeness (QED) is 0.357. The van der Waals surface area contributed by atoms with Gasteiger partial charge in [-0.05, 0) is 70.4 Å². The molecule has 1 spiro atoms. The predicted octanol–water partition coefficient (Wildman–Crippen LogP) is 4.35. The van der Waals surface area contributed by atoms with Crippen molar-refractivity contribution in [2.24, 2.45) is 16.3 Å². The lowest BCUT2D eigenvalue weighted by molar-refractivity contribution is 0.163. The number of aromatic nitrogens is 1. The largest absolute Gasteiger partial charge is 0.444 e. The van der Waals surface area contributed by atoms with Crippen LogP contribution in [-0.2, 0) is 6.54 Å². The van der Waals surface area contributed by atoms with Gasteiger partial charge in [-0.2, -0.15) is 0 Å². The van der Waals surface area contributed by atoms with Gasteiger partial charge in [-0.15, -0.1) is 24.0 Å². The molecule has 0 aromatic carbocycles. The van der Waals surface area contributed by atoms with Gasteiger partial charge in [0.1, 0.15) is 5.76 Å². The first-order chi connectivity index (χ1) is 14.1. The van der Waals surface area contributed by atoms with Crippen LogP contribution in [0.15, 0.2) is 9.41 Å². The molecular formula is C23H40IN5O. The highest BCUT2D eigenvalue weighted by Gasteiger charge is 2.39. The number of nitrogens with zero attached hydrogens (tertiary/aromatic N) is 4. The van der Waals surface area contributed by atoms with E-state index in [1.54, 1.807) is 0 Å². The summed E-state index contributed by atoms with van der Waals surface area (Å²) in [5, 5.41) is 3.70. The number of oxazole rings is 1. The SMILES string of the molecule is CN=C(NCC1CCN(Cc2nc(C)c(C)o2)CC1)N1CCC2(CCCCC2)C1.I. The number of likely N-dealkylation sites (tertiary alicyclic amines) is 2. The molecule has 0 amide bonds. The number of nitrogens with one attached hydrogen (secondary N) is 1. The number of piperidine rings is 1. The van der Waals surface area contributed by atoms with Crippen LogP contribution in [0.3, 0.4) is 0 Å². The van der Waals surface area contributed by atoms with Crippen molar-refractivity contribution < 1.29 is 4.42 Å². The Bertz CT molecular complexity index is 685. The Morgan fingerprint density at radius 3 is 2.50 bits per heavy atom. The molecular weight excluding hydrogens is 489 g/mol. The molecule has 1 aliphatic carbocycles. The summed E-state index contributed by atoms with van der Waals surface area (Å²) in [6, 6.07) is 0. The molecule has 0 unspecified atom stereocenters. The Morgan fingerprint density at radius 2 is 1.87 bits per heavy atom. The van der Waals surface area contributed by atoms with Crippen LogP contribution in [0.4, 0.5) is 0 Å². The van der Waals surface area contributed by atoms with Crippen molar-refractivity contribution in [2.45, 2.75) is 71.8 Å². The topological polar surface area (TPSA) is 56.9 Å². The Morgan fingerprint density at radius 1 is 1.13 bits per heavy atom. The maximum Gasteiger partial charge on any atom is 0.208 e. The summed E-state index contributed by atoms with van der Waals surface area (Å²) in [7, 11) is 1.94. The van der Waals surface area contributed by atoms with Crippen molar-refractivity contribution in [2.75, 3.05) is 39.8 Å². The summed E-state index contributed by atoms with van der Waals surface area (Å²) >= 11 is 0. The maximum absolute atomic E-state index is 5.76. The minimum Gasteiger partial charge on any atom is -0.444 e. The number of aliphatic imine (C=N–C) groups is 1. The van der Waals surface area contributed by atoms with Crippen molar-refractivity contribution in [1.82, 2.24) is 20.1 Å². The van der Waals surface area contributed by atoms with E-state index in [4.69, 9.17) is 4.42 Å². The van der Waals surface area contributed by atoms with E-state index < -0.39 is 0 Å². The highest BCUT2D eigenvalue weighted by atomic mass is 127. The Hall–Kier alpha value is -0.830. The van der Waals surface area contributed by atoms with Crippen molar-refractivity contribution >= 4 is 29.9 Å². The zero-order valence-electron chi connectivity index (χ0n) is 19.1. The molecule has 1 saturated carbocycles. The van der Waals surface area contributed by atoms with Crippen LogP contribution in [0.25, 0.3) is 0 Å². The summed E-state index contributed by atoms with van der Waals surface area (Å²) in [6.07, 6.45) is 10.9. The third-order valence-electron chi connectivity index (χ3n) is 7.55. The minimum atomic E-state index is 0. The smallest absolute Gasteiger partial charge is 0.208 e. The van der Waals surface area contributed by atoms with Gasteiger partial charge in [-0.3, -0.25) is 9.89 Å². The average molecular weight is 530 g/mol. The lowest BCUT2D eigenvalue weighted by Gasteiger charge is -2.34. The molecule has 0 atom stereocenters. The predicted molar refractivity (Wildman–Crippen MR) is 132 cm³/mol. The fourth-order valence-corrected chi connectivity index (χ4v) is 5.54. The molecule has 2 aliphatic heterocycles. The first kappa shape index (κ1) is 23.8. The molecule has 3 heterocycles. The highest BCUT2D eigenvalue weighted by molar-refractivity contribution is 14.0. The molecule has 30 heavy (non-hydrogen) atoms. The molecule has 1 aromatic heterocycles. The molecule has 7 heteroatoms. The van der Waals surface area contributed by atoms with Crippen LogP contribution >= 0.6 is 24.0 Å². The Balaban J connectivity index is 0.00000256. The van der Waals surface area contributed by atoms with E-state index in [0.29, 0.717) is 5.41 Å². The molecule has 3 fully saturated rings. The lowest BCUT2D eigenvalue weighted by Crippen LogP contribution is -2.45. The van der Waals surface area contributed by atoms with Crippen LogP contribution in [0.2, 0.25) is 0 Å². The minimum absolute atomic E-state index is 0. The fourth-order valence-electron chi connectivity index (χ4n) is 5.54. The van der Waals surface area contributed by atoms with Gasteiger partial charge in [-0.25, -0.2) is 4.98 Å². The third-order valence-corrected chi connectivity index (χ3v) is 7.55. The van der Waals surface area contributed by atoms with Crippen LogP contribution in [0, 0.1) is 25.2 Å². The van der Waals surface area contributed by atoms with E-state index in [2.05, 4.69) is 25.1 Å². The average Bonchev–Trinajstić information content (AvgIpc) is 3.27. The number of hydrogen-bond donors (Lipinski definition) is 1. The second kappa shape index (κ2) is 10.7. The molecule has 3 aliphatic rings. The van der Waals surface area contributed by atoms with E-state index in [-0.39, 0.29) is 24.0 Å². The Kier molecular flexibility index (Phi) is 8.46. The first-order valence-electron chi connectivity index (χ1n) is 11.7. The fraction of sp³-hybridized carbons (Fsp3) is 0.826. The summed E-state index contributed by atoms with van der Waals surface area (Å²) in [5.41, 5.74) is 1.60. The van der Waals surface area contributed by atoms with E-state index in [1.807, 2.05) is 20.9 Å². The van der Waals surface area contributed by atoms with E-state index in [1.165, 1.54) is 64.5 Å². The van der Waals surface area contributed by atoms with Gasteiger partial charge in [0.2, 0.25) is 5.89 Å².